The predicted octanol–water partition coefficient (Wildman–Crippen LogP) is 4.89. The summed E-state index contributed by atoms with van der Waals surface area (Å²) in [6.07, 6.45) is 6.38. The van der Waals surface area contributed by atoms with Gasteiger partial charge >= 0.3 is 17.9 Å². The van der Waals surface area contributed by atoms with Crippen LogP contribution in [0, 0.1) is 46.3 Å². The average molecular weight is 505 g/mol. The van der Waals surface area contributed by atoms with E-state index in [1.807, 2.05) is 0 Å². The van der Waals surface area contributed by atoms with E-state index in [1.54, 1.807) is 0 Å². The minimum atomic E-state index is -0.295. The van der Waals surface area contributed by atoms with E-state index in [-0.39, 0.29) is 76.5 Å². The Bertz CT molecular complexity index is 898. The number of carbonyl (C=O) groups is 4. The molecule has 0 aliphatic heterocycles. The van der Waals surface area contributed by atoms with Crippen LogP contribution < -0.4 is 0 Å². The SMILES string of the molecule is COC(=O)CCC(C)C1CCC2C3C(=O)CC4CC(OC(C)=O)CCC4(C)C3CC(OC(C)=O)C12C. The topological polar surface area (TPSA) is 96.0 Å². The Morgan fingerprint density at radius 2 is 1.69 bits per heavy atom. The van der Waals surface area contributed by atoms with E-state index in [1.165, 1.54) is 21.0 Å². The molecule has 10 unspecified atom stereocenters. The Morgan fingerprint density at radius 1 is 1.00 bits per heavy atom. The molecular weight excluding hydrogens is 460 g/mol. The van der Waals surface area contributed by atoms with Gasteiger partial charge in [0, 0.05) is 38.0 Å². The minimum Gasteiger partial charge on any atom is -0.469 e. The van der Waals surface area contributed by atoms with Crippen LogP contribution in [0.4, 0.5) is 0 Å². The fourth-order valence-electron chi connectivity index (χ4n) is 9.17. The Morgan fingerprint density at radius 3 is 2.33 bits per heavy atom. The lowest BCUT2D eigenvalue weighted by Gasteiger charge is -2.62. The highest BCUT2D eigenvalue weighted by atomic mass is 16.5. The monoisotopic (exact) mass is 504 g/mol. The minimum absolute atomic E-state index is 0.0221. The van der Waals surface area contributed by atoms with Gasteiger partial charge in [-0.2, -0.15) is 0 Å². The normalized spacial score (nSPS) is 42.4. The molecule has 4 saturated carbocycles. The lowest BCUT2D eigenvalue weighted by molar-refractivity contribution is -0.197. The van der Waals surface area contributed by atoms with Gasteiger partial charge < -0.3 is 14.2 Å². The van der Waals surface area contributed by atoms with E-state index in [0.29, 0.717) is 25.0 Å². The van der Waals surface area contributed by atoms with Crippen molar-refractivity contribution in [2.24, 2.45) is 46.3 Å². The third kappa shape index (κ3) is 4.60. The van der Waals surface area contributed by atoms with Crippen molar-refractivity contribution in [3.8, 4) is 0 Å². The highest BCUT2D eigenvalue weighted by Gasteiger charge is 2.67. The molecule has 0 heterocycles. The summed E-state index contributed by atoms with van der Waals surface area (Å²) in [5.74, 6) is 0.633. The van der Waals surface area contributed by atoms with Crippen molar-refractivity contribution < 1.29 is 33.4 Å². The van der Waals surface area contributed by atoms with E-state index in [2.05, 4.69) is 20.8 Å². The molecular formula is C29H44O7. The lowest BCUT2D eigenvalue weighted by atomic mass is 9.43. The molecule has 202 valence electrons. The summed E-state index contributed by atoms with van der Waals surface area (Å²) >= 11 is 0. The number of Topliss-reactive ketones (excluding diaryl/α,β-unsaturated/α-hetero) is 1. The molecule has 7 heteroatoms. The lowest BCUT2D eigenvalue weighted by Crippen LogP contribution is -2.62. The van der Waals surface area contributed by atoms with Gasteiger partial charge in [-0.15, -0.1) is 0 Å². The Balaban J connectivity index is 1.63. The summed E-state index contributed by atoms with van der Waals surface area (Å²) in [5, 5.41) is 0. The van der Waals surface area contributed by atoms with Gasteiger partial charge in [0.15, 0.2) is 0 Å². The average Bonchev–Trinajstić information content (AvgIpc) is 3.16. The standard InChI is InChI=1S/C29H44O7/c1-16(7-10-26(33)34-6)21-8-9-22-27-23(15-25(29(21,22)5)36-18(3)31)28(4)12-11-20(35-17(2)30)13-19(28)14-24(27)32/h16,19-23,25,27H,7-15H2,1-6H3. The van der Waals surface area contributed by atoms with Crippen LogP contribution in [-0.4, -0.2) is 43.0 Å². The number of rotatable bonds is 6. The first-order valence-electron chi connectivity index (χ1n) is 13.9. The zero-order valence-electron chi connectivity index (χ0n) is 22.8. The predicted molar refractivity (Wildman–Crippen MR) is 133 cm³/mol. The highest BCUT2D eigenvalue weighted by molar-refractivity contribution is 5.83. The van der Waals surface area contributed by atoms with Crippen LogP contribution in [0.5, 0.6) is 0 Å². The molecule has 0 aromatic carbocycles. The third-order valence-electron chi connectivity index (χ3n) is 10.9. The van der Waals surface area contributed by atoms with Crippen molar-refractivity contribution in [1.82, 2.24) is 0 Å². The van der Waals surface area contributed by atoms with Crippen molar-refractivity contribution in [3.05, 3.63) is 0 Å². The molecule has 0 saturated heterocycles. The number of hydrogen-bond acceptors (Lipinski definition) is 7. The van der Waals surface area contributed by atoms with Gasteiger partial charge in [0.2, 0.25) is 0 Å². The molecule has 7 nitrogen and oxygen atoms in total. The molecule has 4 aliphatic rings. The number of esters is 3. The van der Waals surface area contributed by atoms with Gasteiger partial charge in [0.25, 0.3) is 0 Å². The highest BCUT2D eigenvalue weighted by Crippen LogP contribution is 2.68. The van der Waals surface area contributed by atoms with Crippen LogP contribution in [0.3, 0.4) is 0 Å². The summed E-state index contributed by atoms with van der Waals surface area (Å²) in [6, 6.07) is 0. The molecule has 4 fully saturated rings. The van der Waals surface area contributed by atoms with Crippen LogP contribution in [0.1, 0.15) is 92.4 Å². The van der Waals surface area contributed by atoms with Crippen LogP contribution in [-0.2, 0) is 33.4 Å². The maximum atomic E-state index is 13.8. The van der Waals surface area contributed by atoms with Crippen LogP contribution >= 0.6 is 0 Å². The van der Waals surface area contributed by atoms with Gasteiger partial charge in [-0.1, -0.05) is 20.8 Å². The van der Waals surface area contributed by atoms with E-state index >= 15 is 0 Å². The second-order valence-corrected chi connectivity index (χ2v) is 12.6. The van der Waals surface area contributed by atoms with E-state index in [4.69, 9.17) is 14.2 Å². The Hall–Kier alpha value is -1.92. The second-order valence-electron chi connectivity index (χ2n) is 12.6. The summed E-state index contributed by atoms with van der Waals surface area (Å²) < 4.78 is 16.5. The largest absolute Gasteiger partial charge is 0.469 e. The van der Waals surface area contributed by atoms with Crippen molar-refractivity contribution in [3.63, 3.8) is 0 Å². The van der Waals surface area contributed by atoms with E-state index < -0.39 is 0 Å². The first kappa shape index (κ1) is 27.1. The summed E-state index contributed by atoms with van der Waals surface area (Å²) in [6.45, 7) is 9.69. The molecule has 0 amide bonds. The van der Waals surface area contributed by atoms with Gasteiger partial charge in [0.05, 0.1) is 7.11 Å². The molecule has 4 rings (SSSR count). The summed E-state index contributed by atoms with van der Waals surface area (Å²) in [4.78, 5) is 49.5. The number of ketones is 1. The number of carbonyl (C=O) groups excluding carboxylic acids is 4. The Labute approximate surface area is 215 Å². The summed E-state index contributed by atoms with van der Waals surface area (Å²) in [7, 11) is 1.42. The molecule has 0 spiro atoms. The van der Waals surface area contributed by atoms with Crippen LogP contribution in [0.15, 0.2) is 0 Å². The van der Waals surface area contributed by atoms with Gasteiger partial charge in [-0.3, -0.25) is 19.2 Å². The van der Waals surface area contributed by atoms with E-state index in [0.717, 1.165) is 38.5 Å². The van der Waals surface area contributed by atoms with Gasteiger partial charge in [-0.05, 0) is 80.0 Å². The maximum absolute atomic E-state index is 13.8. The molecule has 0 bridgehead atoms. The zero-order chi connectivity index (χ0) is 26.4. The van der Waals surface area contributed by atoms with Gasteiger partial charge in [-0.25, -0.2) is 0 Å². The molecule has 0 aromatic rings. The van der Waals surface area contributed by atoms with Crippen molar-refractivity contribution >= 4 is 23.7 Å². The van der Waals surface area contributed by atoms with E-state index in [9.17, 15) is 19.2 Å². The number of fused-ring (bicyclic) bond motifs is 5. The molecule has 0 aromatic heterocycles. The van der Waals surface area contributed by atoms with Crippen molar-refractivity contribution in [2.45, 2.75) is 105 Å². The number of ether oxygens (including phenoxy) is 3. The first-order valence-corrected chi connectivity index (χ1v) is 13.9. The van der Waals surface area contributed by atoms with Crippen molar-refractivity contribution in [1.29, 1.82) is 0 Å². The fraction of sp³-hybridized carbons (Fsp3) is 0.862. The Kier molecular flexibility index (Phi) is 7.60. The fourth-order valence-corrected chi connectivity index (χ4v) is 9.17. The third-order valence-corrected chi connectivity index (χ3v) is 10.9. The second kappa shape index (κ2) is 10.1. The van der Waals surface area contributed by atoms with Crippen LogP contribution in [0.2, 0.25) is 0 Å². The molecule has 4 aliphatic carbocycles. The van der Waals surface area contributed by atoms with Gasteiger partial charge in [0.1, 0.15) is 18.0 Å². The quantitative estimate of drug-likeness (QED) is 0.375. The molecule has 0 radical (unpaired) electrons. The first-order chi connectivity index (χ1) is 16.9. The summed E-state index contributed by atoms with van der Waals surface area (Å²) in [5.41, 5.74) is -0.334. The van der Waals surface area contributed by atoms with Crippen LogP contribution in [0.25, 0.3) is 0 Å². The zero-order valence-corrected chi connectivity index (χ0v) is 22.8. The maximum Gasteiger partial charge on any atom is 0.305 e. The molecule has 10 atom stereocenters. The molecule has 0 N–H and O–H groups in total. The number of methoxy groups -OCH3 is 1. The van der Waals surface area contributed by atoms with Crippen molar-refractivity contribution in [2.75, 3.05) is 7.11 Å². The number of hydrogen-bond donors (Lipinski definition) is 0. The smallest absolute Gasteiger partial charge is 0.305 e. The molecule has 36 heavy (non-hydrogen) atoms.